The first-order valence-electron chi connectivity index (χ1n) is 5.84. The van der Waals surface area contributed by atoms with E-state index in [0.717, 1.165) is 5.56 Å². The number of hydrogen-bond donors (Lipinski definition) is 0. The molecule has 5 heteroatoms. The lowest BCUT2D eigenvalue weighted by atomic mass is 10.1. The van der Waals surface area contributed by atoms with Crippen LogP contribution in [0.4, 0.5) is 4.39 Å². The molecule has 0 fully saturated rings. The predicted octanol–water partition coefficient (Wildman–Crippen LogP) is 3.95. The summed E-state index contributed by atoms with van der Waals surface area (Å²) in [5.41, 5.74) is 1.35. The summed E-state index contributed by atoms with van der Waals surface area (Å²) in [5.74, 6) is -0.309. The summed E-state index contributed by atoms with van der Waals surface area (Å²) in [6.45, 7) is 0.289. The zero-order valence-corrected chi connectivity index (χ0v) is 12.3. The van der Waals surface area contributed by atoms with Crippen LogP contribution in [0.3, 0.4) is 0 Å². The van der Waals surface area contributed by atoms with Crippen LogP contribution in [0.25, 0.3) is 0 Å². The van der Waals surface area contributed by atoms with Gasteiger partial charge < -0.3 is 9.47 Å². The summed E-state index contributed by atoms with van der Waals surface area (Å²) < 4.78 is 23.9. The molecule has 0 aliphatic heterocycles. The van der Waals surface area contributed by atoms with Gasteiger partial charge >= 0.3 is 5.97 Å². The second-order valence-electron chi connectivity index (χ2n) is 4.08. The molecule has 0 atom stereocenters. The van der Waals surface area contributed by atoms with E-state index in [4.69, 9.17) is 4.74 Å². The molecule has 0 aliphatic carbocycles. The average Bonchev–Trinajstić information content (AvgIpc) is 2.44. The van der Waals surface area contributed by atoms with Gasteiger partial charge in [-0.05, 0) is 29.8 Å². The smallest absolute Gasteiger partial charge is 0.337 e. The number of hydrogen-bond acceptors (Lipinski definition) is 3. The highest BCUT2D eigenvalue weighted by Gasteiger charge is 2.05. The maximum atomic E-state index is 13.2. The summed E-state index contributed by atoms with van der Waals surface area (Å²) in [4.78, 5) is 11.3. The van der Waals surface area contributed by atoms with Gasteiger partial charge in [0, 0.05) is 10.5 Å². The van der Waals surface area contributed by atoms with Gasteiger partial charge in [-0.1, -0.05) is 28.1 Å². The summed E-state index contributed by atoms with van der Waals surface area (Å²) in [5, 5.41) is 0. The maximum absolute atomic E-state index is 13.2. The number of rotatable bonds is 4. The molecule has 0 saturated heterocycles. The molecule has 0 saturated carbocycles. The monoisotopic (exact) mass is 338 g/mol. The number of carbonyl (C=O) groups excluding carboxylic acids is 1. The van der Waals surface area contributed by atoms with Gasteiger partial charge in [0.05, 0.1) is 12.7 Å². The quantitative estimate of drug-likeness (QED) is 0.791. The van der Waals surface area contributed by atoms with E-state index < -0.39 is 0 Å². The third kappa shape index (κ3) is 3.81. The Morgan fingerprint density at radius 2 is 1.90 bits per heavy atom. The molecule has 2 aromatic rings. The van der Waals surface area contributed by atoms with Crippen LogP contribution in [0, 0.1) is 5.82 Å². The topological polar surface area (TPSA) is 35.5 Å². The van der Waals surface area contributed by atoms with Crippen LogP contribution in [0.2, 0.25) is 0 Å². The highest BCUT2D eigenvalue weighted by atomic mass is 79.9. The fourth-order valence-corrected chi connectivity index (χ4v) is 2.08. The predicted molar refractivity (Wildman–Crippen MR) is 76.2 cm³/mol. The fraction of sp³-hybridized carbons (Fsp3) is 0.133. The van der Waals surface area contributed by atoms with Crippen LogP contribution in [0.5, 0.6) is 5.75 Å². The van der Waals surface area contributed by atoms with Crippen molar-refractivity contribution in [1.29, 1.82) is 0 Å². The molecular formula is C15H12BrFO3. The van der Waals surface area contributed by atoms with Crippen molar-refractivity contribution in [2.75, 3.05) is 7.11 Å². The van der Waals surface area contributed by atoms with Crippen molar-refractivity contribution in [3.8, 4) is 5.75 Å². The molecule has 104 valence electrons. The molecule has 0 radical (unpaired) electrons. The molecule has 0 spiro atoms. The Morgan fingerprint density at radius 3 is 2.50 bits per heavy atom. The number of ether oxygens (including phenoxy) is 2. The normalized spacial score (nSPS) is 10.2. The van der Waals surface area contributed by atoms with Crippen molar-refractivity contribution in [3.63, 3.8) is 0 Å². The summed E-state index contributed by atoms with van der Waals surface area (Å²) in [6.07, 6.45) is 0. The minimum atomic E-state index is -0.383. The molecule has 2 aromatic carbocycles. The Balaban J connectivity index is 2.02. The third-order valence-corrected chi connectivity index (χ3v) is 3.07. The highest BCUT2D eigenvalue weighted by molar-refractivity contribution is 9.10. The van der Waals surface area contributed by atoms with Gasteiger partial charge in [-0.3, -0.25) is 0 Å². The van der Waals surface area contributed by atoms with E-state index in [1.807, 2.05) is 0 Å². The molecule has 0 aromatic heterocycles. The Hall–Kier alpha value is -1.88. The van der Waals surface area contributed by atoms with Gasteiger partial charge in [-0.2, -0.15) is 0 Å². The van der Waals surface area contributed by atoms with Crippen molar-refractivity contribution in [2.45, 2.75) is 6.61 Å². The molecular weight excluding hydrogens is 327 g/mol. The van der Waals surface area contributed by atoms with Gasteiger partial charge in [0.25, 0.3) is 0 Å². The van der Waals surface area contributed by atoms with Crippen LogP contribution in [-0.2, 0) is 11.3 Å². The lowest BCUT2D eigenvalue weighted by Crippen LogP contribution is -2.02. The number of benzene rings is 2. The molecule has 0 heterocycles. The Kier molecular flexibility index (Phi) is 4.74. The van der Waals surface area contributed by atoms with E-state index in [1.54, 1.807) is 30.3 Å². The van der Waals surface area contributed by atoms with Gasteiger partial charge in [0.2, 0.25) is 0 Å². The van der Waals surface area contributed by atoms with Gasteiger partial charge in [0.1, 0.15) is 18.2 Å². The second-order valence-corrected chi connectivity index (χ2v) is 5.00. The van der Waals surface area contributed by atoms with E-state index in [0.29, 0.717) is 15.8 Å². The van der Waals surface area contributed by atoms with E-state index in [1.165, 1.54) is 19.2 Å². The lowest BCUT2D eigenvalue weighted by molar-refractivity contribution is 0.0600. The van der Waals surface area contributed by atoms with Crippen LogP contribution < -0.4 is 4.74 Å². The first-order valence-corrected chi connectivity index (χ1v) is 6.64. The minimum absolute atomic E-state index is 0.289. The third-order valence-electron chi connectivity index (χ3n) is 2.62. The molecule has 0 unspecified atom stereocenters. The van der Waals surface area contributed by atoms with Crippen molar-refractivity contribution >= 4 is 21.9 Å². The molecule has 0 bridgehead atoms. The number of halogens is 2. The Morgan fingerprint density at radius 1 is 1.20 bits per heavy atom. The molecule has 0 aliphatic rings. The second kappa shape index (κ2) is 6.52. The van der Waals surface area contributed by atoms with E-state index in [-0.39, 0.29) is 18.4 Å². The zero-order chi connectivity index (χ0) is 14.5. The van der Waals surface area contributed by atoms with Crippen LogP contribution in [0.1, 0.15) is 15.9 Å². The van der Waals surface area contributed by atoms with Gasteiger partial charge in [0.15, 0.2) is 0 Å². The van der Waals surface area contributed by atoms with E-state index in [9.17, 15) is 9.18 Å². The standard InChI is InChI=1S/C15H12BrFO3/c1-19-15(18)11-4-2-10(3-5-11)9-20-14-7-12(16)6-13(17)8-14/h2-8H,9H2,1H3. The van der Waals surface area contributed by atoms with Gasteiger partial charge in [-0.15, -0.1) is 0 Å². The largest absolute Gasteiger partial charge is 0.489 e. The summed E-state index contributed by atoms with van der Waals surface area (Å²) in [7, 11) is 1.33. The molecule has 0 amide bonds. The summed E-state index contributed by atoms with van der Waals surface area (Å²) in [6, 6.07) is 11.2. The molecule has 0 N–H and O–H groups in total. The van der Waals surface area contributed by atoms with Crippen LogP contribution >= 0.6 is 15.9 Å². The average molecular weight is 339 g/mol. The maximum Gasteiger partial charge on any atom is 0.337 e. The zero-order valence-electron chi connectivity index (χ0n) is 10.7. The minimum Gasteiger partial charge on any atom is -0.489 e. The fourth-order valence-electron chi connectivity index (χ4n) is 1.63. The Bertz CT molecular complexity index is 591. The van der Waals surface area contributed by atoms with Crippen molar-refractivity contribution in [2.24, 2.45) is 0 Å². The van der Waals surface area contributed by atoms with Gasteiger partial charge in [-0.25, -0.2) is 9.18 Å². The van der Waals surface area contributed by atoms with Crippen molar-refractivity contribution < 1.29 is 18.7 Å². The highest BCUT2D eigenvalue weighted by Crippen LogP contribution is 2.21. The van der Waals surface area contributed by atoms with E-state index >= 15 is 0 Å². The molecule has 2 rings (SSSR count). The molecule has 20 heavy (non-hydrogen) atoms. The summed E-state index contributed by atoms with van der Waals surface area (Å²) >= 11 is 3.20. The van der Waals surface area contributed by atoms with Crippen LogP contribution in [0.15, 0.2) is 46.9 Å². The SMILES string of the molecule is COC(=O)c1ccc(COc2cc(F)cc(Br)c2)cc1. The Labute approximate surface area is 124 Å². The number of methoxy groups -OCH3 is 1. The first-order chi connectivity index (χ1) is 9.58. The van der Waals surface area contributed by atoms with Crippen LogP contribution in [-0.4, -0.2) is 13.1 Å². The van der Waals surface area contributed by atoms with E-state index in [2.05, 4.69) is 20.7 Å². The number of carbonyl (C=O) groups is 1. The van der Waals surface area contributed by atoms with Crippen molar-refractivity contribution in [1.82, 2.24) is 0 Å². The number of esters is 1. The lowest BCUT2D eigenvalue weighted by Gasteiger charge is -2.07. The molecule has 3 nitrogen and oxygen atoms in total. The van der Waals surface area contributed by atoms with Crippen molar-refractivity contribution in [3.05, 3.63) is 63.9 Å². The first kappa shape index (κ1) is 14.5.